The maximum absolute atomic E-state index is 9.12. The van der Waals surface area contributed by atoms with Gasteiger partial charge in [-0.05, 0) is 36.9 Å². The van der Waals surface area contributed by atoms with Crippen LogP contribution in [-0.4, -0.2) is 22.8 Å². The Bertz CT molecular complexity index is 249. The van der Waals surface area contributed by atoms with Crippen molar-refractivity contribution in [2.45, 2.75) is 20.3 Å². The van der Waals surface area contributed by atoms with Crippen molar-refractivity contribution in [1.29, 1.82) is 0 Å². The van der Waals surface area contributed by atoms with Crippen LogP contribution >= 0.6 is 8.15 Å². The van der Waals surface area contributed by atoms with Crippen molar-refractivity contribution >= 4 is 8.15 Å². The van der Waals surface area contributed by atoms with Crippen LogP contribution in [-0.2, 0) is 6.42 Å². The van der Waals surface area contributed by atoms with Crippen molar-refractivity contribution < 1.29 is 10.00 Å². The molecule has 0 aliphatic carbocycles. The Kier molecular flexibility index (Phi) is 7.45. The number of hydrogen-bond acceptors (Lipinski definition) is 2. The average molecular weight is 214 g/mol. The Morgan fingerprint density at radius 1 is 1.29 bits per heavy atom. The molecule has 0 fully saturated rings. The van der Waals surface area contributed by atoms with Gasteiger partial charge in [0.1, 0.15) is 5.75 Å². The van der Waals surface area contributed by atoms with Crippen molar-refractivity contribution in [3.8, 4) is 5.75 Å². The van der Waals surface area contributed by atoms with Crippen molar-refractivity contribution in [2.75, 3.05) is 12.8 Å². The van der Waals surface area contributed by atoms with Gasteiger partial charge in [0, 0.05) is 8.15 Å². The van der Waals surface area contributed by atoms with Gasteiger partial charge >= 0.3 is 0 Å². The van der Waals surface area contributed by atoms with Crippen LogP contribution in [0, 0.1) is 0 Å². The van der Waals surface area contributed by atoms with Crippen LogP contribution in [0.1, 0.15) is 19.4 Å². The van der Waals surface area contributed by atoms with E-state index in [0.717, 1.165) is 18.1 Å². The molecule has 0 aromatic heterocycles. The smallest absolute Gasteiger partial charge is 0.115 e. The number of aryl methyl sites for hydroxylation is 1. The molecule has 14 heavy (non-hydrogen) atoms. The number of rotatable bonds is 3. The molecule has 3 heteroatoms. The zero-order valence-electron chi connectivity index (χ0n) is 9.07. The van der Waals surface area contributed by atoms with Crippen LogP contribution in [0.4, 0.5) is 0 Å². The summed E-state index contributed by atoms with van der Waals surface area (Å²) in [6, 6.07) is 7.16. The van der Waals surface area contributed by atoms with Crippen LogP contribution in [0.15, 0.2) is 24.3 Å². The topological polar surface area (TPSA) is 40.5 Å². The van der Waals surface area contributed by atoms with E-state index in [4.69, 9.17) is 10.00 Å². The number of phenolic OH excluding ortho intramolecular Hbond substituents is 1. The molecule has 0 bridgehead atoms. The molecule has 1 rings (SSSR count). The third kappa shape index (κ3) is 5.95. The summed E-state index contributed by atoms with van der Waals surface area (Å²) in [5, 5.41) is 9.12. The van der Waals surface area contributed by atoms with E-state index in [1.54, 1.807) is 12.1 Å². The summed E-state index contributed by atoms with van der Waals surface area (Å²) in [4.78, 5) is 9.09. The second kappa shape index (κ2) is 7.78. The fraction of sp³-hybridized carbons (Fsp3) is 0.455. The Labute approximate surface area is 87.4 Å². The maximum atomic E-state index is 9.12. The molecule has 0 heterocycles. The van der Waals surface area contributed by atoms with Gasteiger partial charge < -0.3 is 10.00 Å². The lowest BCUT2D eigenvalue weighted by atomic mass is 10.2. The van der Waals surface area contributed by atoms with Crippen molar-refractivity contribution in [3.05, 3.63) is 29.8 Å². The Hall–Kier alpha value is -0.590. The minimum atomic E-state index is -0.815. The molecule has 0 spiro atoms. The summed E-state index contributed by atoms with van der Waals surface area (Å²) >= 11 is 0. The average Bonchev–Trinajstić information content (AvgIpc) is 2.18. The highest BCUT2D eigenvalue weighted by atomic mass is 31.1. The van der Waals surface area contributed by atoms with Gasteiger partial charge in [-0.2, -0.15) is 0 Å². The second-order valence-electron chi connectivity index (χ2n) is 2.80. The monoisotopic (exact) mass is 214 g/mol. The quantitative estimate of drug-likeness (QED) is 0.759. The van der Waals surface area contributed by atoms with E-state index >= 15 is 0 Å². The number of hydrogen-bond donors (Lipinski definition) is 2. The highest BCUT2D eigenvalue weighted by molar-refractivity contribution is 7.50. The van der Waals surface area contributed by atoms with E-state index in [9.17, 15) is 0 Å². The number of phenols is 1. The van der Waals surface area contributed by atoms with E-state index in [2.05, 4.69) is 0 Å². The molecule has 0 aliphatic heterocycles. The lowest BCUT2D eigenvalue weighted by Crippen LogP contribution is -1.89. The van der Waals surface area contributed by atoms with Crippen molar-refractivity contribution in [3.63, 3.8) is 0 Å². The fourth-order valence-corrected chi connectivity index (χ4v) is 1.58. The molecule has 1 unspecified atom stereocenters. The molecule has 0 saturated heterocycles. The summed E-state index contributed by atoms with van der Waals surface area (Å²) in [5.41, 5.74) is 1.08. The van der Waals surface area contributed by atoms with Gasteiger partial charge in [0.25, 0.3) is 0 Å². The molecule has 2 N–H and O–H groups in total. The van der Waals surface area contributed by atoms with Gasteiger partial charge in [0.2, 0.25) is 0 Å². The first-order valence-electron chi connectivity index (χ1n) is 4.86. The highest BCUT2D eigenvalue weighted by Gasteiger charge is 1.98. The molecule has 0 aliphatic rings. The first-order valence-corrected chi connectivity index (χ1v) is 6.79. The van der Waals surface area contributed by atoms with E-state index in [-0.39, 0.29) is 0 Å². The molecule has 0 radical (unpaired) electrons. The van der Waals surface area contributed by atoms with Crippen molar-refractivity contribution in [2.24, 2.45) is 0 Å². The van der Waals surface area contributed by atoms with Gasteiger partial charge in [-0.15, -0.1) is 0 Å². The second-order valence-corrected chi connectivity index (χ2v) is 4.56. The number of aromatic hydroxyl groups is 1. The predicted molar refractivity (Wildman–Crippen MR) is 63.1 cm³/mol. The standard InChI is InChI=1S/C9H13O2P.C2H6/c1-12(11)6-5-8-3-2-4-9(10)7-8;1-2/h2-4,7,10-11H,5-6H2,1H3;1-2H3. The third-order valence-electron chi connectivity index (χ3n) is 1.63. The summed E-state index contributed by atoms with van der Waals surface area (Å²) in [5.74, 6) is 0.297. The predicted octanol–water partition coefficient (Wildman–Crippen LogP) is 2.98. The minimum Gasteiger partial charge on any atom is -0.508 e. The maximum Gasteiger partial charge on any atom is 0.115 e. The van der Waals surface area contributed by atoms with Crippen LogP contribution in [0.5, 0.6) is 5.75 Å². The fourth-order valence-electron chi connectivity index (χ4n) is 1.00. The Morgan fingerprint density at radius 3 is 2.43 bits per heavy atom. The lowest BCUT2D eigenvalue weighted by molar-refractivity contribution is 0.474. The summed E-state index contributed by atoms with van der Waals surface area (Å²) < 4.78 is 0. The normalized spacial score (nSPS) is 11.4. The zero-order valence-corrected chi connectivity index (χ0v) is 9.96. The molecule has 1 aromatic carbocycles. The molecular formula is C11H19O2P. The van der Waals surface area contributed by atoms with E-state index in [0.29, 0.717) is 5.75 Å². The molecule has 0 saturated carbocycles. The zero-order chi connectivity index (χ0) is 11.0. The summed E-state index contributed by atoms with van der Waals surface area (Å²) in [7, 11) is -0.815. The van der Waals surface area contributed by atoms with Gasteiger partial charge in [0.05, 0.1) is 0 Å². The lowest BCUT2D eigenvalue weighted by Gasteiger charge is -2.03. The summed E-state index contributed by atoms with van der Waals surface area (Å²) in [6.07, 6.45) is 1.64. The molecular weight excluding hydrogens is 195 g/mol. The van der Waals surface area contributed by atoms with E-state index < -0.39 is 8.15 Å². The first kappa shape index (κ1) is 13.4. The van der Waals surface area contributed by atoms with Gasteiger partial charge in [-0.1, -0.05) is 26.0 Å². The van der Waals surface area contributed by atoms with Crippen molar-refractivity contribution in [1.82, 2.24) is 0 Å². The molecule has 2 nitrogen and oxygen atoms in total. The van der Waals surface area contributed by atoms with Gasteiger partial charge in [-0.3, -0.25) is 0 Å². The van der Waals surface area contributed by atoms with Gasteiger partial charge in [0.15, 0.2) is 0 Å². The van der Waals surface area contributed by atoms with Crippen LogP contribution in [0.3, 0.4) is 0 Å². The molecule has 1 atom stereocenters. The van der Waals surface area contributed by atoms with Crippen LogP contribution in [0.2, 0.25) is 0 Å². The third-order valence-corrected chi connectivity index (χ3v) is 2.51. The Balaban J connectivity index is 0.000000791. The molecule has 0 amide bonds. The van der Waals surface area contributed by atoms with Crippen LogP contribution < -0.4 is 0 Å². The summed E-state index contributed by atoms with van der Waals surface area (Å²) in [6.45, 7) is 5.83. The van der Waals surface area contributed by atoms with E-state index in [1.165, 1.54) is 0 Å². The largest absolute Gasteiger partial charge is 0.508 e. The first-order chi connectivity index (χ1) is 6.68. The van der Waals surface area contributed by atoms with Crippen LogP contribution in [0.25, 0.3) is 0 Å². The van der Waals surface area contributed by atoms with Gasteiger partial charge in [-0.25, -0.2) is 0 Å². The highest BCUT2D eigenvalue weighted by Crippen LogP contribution is 2.25. The minimum absolute atomic E-state index is 0.297. The Morgan fingerprint density at radius 2 is 1.93 bits per heavy atom. The molecule has 80 valence electrons. The van der Waals surface area contributed by atoms with E-state index in [1.807, 2.05) is 32.6 Å². The molecule has 1 aromatic rings. The number of benzene rings is 1. The SMILES string of the molecule is CC.CP(O)CCc1cccc(O)c1.